The molecule has 24 heavy (non-hydrogen) atoms. The lowest BCUT2D eigenvalue weighted by molar-refractivity contribution is 0.0938. The lowest BCUT2D eigenvalue weighted by Crippen LogP contribution is -2.34. The summed E-state index contributed by atoms with van der Waals surface area (Å²) in [5, 5.41) is 2.91. The number of hydrogen-bond donors (Lipinski definition) is 1. The maximum Gasteiger partial charge on any atom is 0.255 e. The maximum absolute atomic E-state index is 13.5. The second kappa shape index (κ2) is 8.45. The number of para-hydroxylation sites is 1. The molecule has 2 aromatic rings. The van der Waals surface area contributed by atoms with Gasteiger partial charge in [-0.1, -0.05) is 24.3 Å². The SMILES string of the molecule is CCOc1ccccc1C(=O)NCC(c1cccc(F)c1)N(C)C. The van der Waals surface area contributed by atoms with Crippen molar-refractivity contribution in [2.45, 2.75) is 13.0 Å². The summed E-state index contributed by atoms with van der Waals surface area (Å²) in [5.41, 5.74) is 1.31. The highest BCUT2D eigenvalue weighted by molar-refractivity contribution is 5.96. The summed E-state index contributed by atoms with van der Waals surface area (Å²) in [5.74, 6) is 0.0688. The number of carbonyl (C=O) groups excluding carboxylic acids is 1. The average molecular weight is 330 g/mol. The Balaban J connectivity index is 2.11. The van der Waals surface area contributed by atoms with Crippen molar-refractivity contribution in [1.29, 1.82) is 0 Å². The molecule has 2 aromatic carbocycles. The fraction of sp³-hybridized carbons (Fsp3) is 0.316. The number of halogens is 1. The molecule has 1 amide bonds. The van der Waals surface area contributed by atoms with Crippen LogP contribution in [0.1, 0.15) is 28.9 Å². The van der Waals surface area contributed by atoms with E-state index in [1.807, 2.05) is 38.1 Å². The highest BCUT2D eigenvalue weighted by atomic mass is 19.1. The van der Waals surface area contributed by atoms with Gasteiger partial charge in [0.1, 0.15) is 11.6 Å². The summed E-state index contributed by atoms with van der Waals surface area (Å²) in [6.45, 7) is 2.74. The number of hydrogen-bond acceptors (Lipinski definition) is 3. The predicted molar refractivity (Wildman–Crippen MR) is 92.8 cm³/mol. The van der Waals surface area contributed by atoms with E-state index in [4.69, 9.17) is 4.74 Å². The van der Waals surface area contributed by atoms with Crippen LogP contribution in [0.3, 0.4) is 0 Å². The molecule has 0 aliphatic heterocycles. The van der Waals surface area contributed by atoms with Crippen LogP contribution in [-0.2, 0) is 0 Å². The number of carbonyl (C=O) groups is 1. The second-order valence-corrected chi connectivity index (χ2v) is 5.67. The fourth-order valence-electron chi connectivity index (χ4n) is 2.53. The molecule has 1 atom stereocenters. The van der Waals surface area contributed by atoms with Crippen molar-refractivity contribution in [1.82, 2.24) is 10.2 Å². The minimum absolute atomic E-state index is 0.121. The first-order chi connectivity index (χ1) is 11.5. The van der Waals surface area contributed by atoms with Crippen LogP contribution in [0, 0.1) is 5.82 Å². The molecule has 4 nitrogen and oxygen atoms in total. The summed E-state index contributed by atoms with van der Waals surface area (Å²) in [4.78, 5) is 14.4. The topological polar surface area (TPSA) is 41.6 Å². The molecule has 0 aromatic heterocycles. The molecule has 1 unspecified atom stereocenters. The molecular weight excluding hydrogens is 307 g/mol. The quantitative estimate of drug-likeness (QED) is 0.847. The van der Waals surface area contributed by atoms with Crippen LogP contribution in [-0.4, -0.2) is 38.1 Å². The number of rotatable bonds is 7. The number of nitrogens with one attached hydrogen (secondary N) is 1. The Morgan fingerprint density at radius 3 is 2.62 bits per heavy atom. The molecule has 0 heterocycles. The Morgan fingerprint density at radius 2 is 1.96 bits per heavy atom. The van der Waals surface area contributed by atoms with Crippen LogP contribution in [0.4, 0.5) is 4.39 Å². The van der Waals surface area contributed by atoms with E-state index in [1.165, 1.54) is 12.1 Å². The maximum atomic E-state index is 13.5. The van der Waals surface area contributed by atoms with E-state index >= 15 is 0 Å². The van der Waals surface area contributed by atoms with Crippen molar-refractivity contribution in [2.24, 2.45) is 0 Å². The van der Waals surface area contributed by atoms with Crippen LogP contribution in [0.25, 0.3) is 0 Å². The van der Waals surface area contributed by atoms with E-state index in [0.717, 1.165) is 5.56 Å². The Kier molecular flexibility index (Phi) is 6.32. The molecule has 0 fully saturated rings. The first-order valence-corrected chi connectivity index (χ1v) is 7.94. The van der Waals surface area contributed by atoms with Crippen molar-refractivity contribution in [3.63, 3.8) is 0 Å². The molecule has 0 spiro atoms. The van der Waals surface area contributed by atoms with Gasteiger partial charge in [0.25, 0.3) is 5.91 Å². The van der Waals surface area contributed by atoms with Gasteiger partial charge in [0.15, 0.2) is 0 Å². The Labute approximate surface area is 142 Å². The summed E-state index contributed by atoms with van der Waals surface area (Å²) >= 11 is 0. The van der Waals surface area contributed by atoms with Gasteiger partial charge in [0.05, 0.1) is 18.2 Å². The van der Waals surface area contributed by atoms with Crippen molar-refractivity contribution < 1.29 is 13.9 Å². The van der Waals surface area contributed by atoms with Crippen LogP contribution in [0.5, 0.6) is 5.75 Å². The third kappa shape index (κ3) is 4.55. The van der Waals surface area contributed by atoms with Crippen molar-refractivity contribution >= 4 is 5.91 Å². The summed E-state index contributed by atoms with van der Waals surface area (Å²) in [6, 6.07) is 13.4. The van der Waals surface area contributed by atoms with E-state index in [1.54, 1.807) is 24.3 Å². The van der Waals surface area contributed by atoms with Gasteiger partial charge in [0, 0.05) is 6.54 Å². The zero-order valence-electron chi connectivity index (χ0n) is 14.3. The minimum atomic E-state index is -0.285. The van der Waals surface area contributed by atoms with Gasteiger partial charge in [-0.25, -0.2) is 4.39 Å². The molecule has 2 rings (SSSR count). The molecular formula is C19H23FN2O2. The zero-order valence-corrected chi connectivity index (χ0v) is 14.3. The monoisotopic (exact) mass is 330 g/mol. The third-order valence-electron chi connectivity index (χ3n) is 3.74. The molecule has 0 saturated heterocycles. The second-order valence-electron chi connectivity index (χ2n) is 5.67. The summed E-state index contributed by atoms with van der Waals surface area (Å²) in [6.07, 6.45) is 0. The predicted octanol–water partition coefficient (Wildman–Crippen LogP) is 3.26. The summed E-state index contributed by atoms with van der Waals surface area (Å²) < 4.78 is 19.0. The standard InChI is InChI=1S/C19H23FN2O2/c1-4-24-18-11-6-5-10-16(18)19(23)21-13-17(22(2)3)14-8-7-9-15(20)12-14/h5-12,17H,4,13H2,1-3H3,(H,21,23). The molecule has 0 radical (unpaired) electrons. The fourth-order valence-corrected chi connectivity index (χ4v) is 2.53. The van der Waals surface area contributed by atoms with E-state index in [9.17, 15) is 9.18 Å². The minimum Gasteiger partial charge on any atom is -0.493 e. The number of likely N-dealkylation sites (N-methyl/N-ethyl adjacent to an activating group) is 1. The first-order valence-electron chi connectivity index (χ1n) is 7.94. The Morgan fingerprint density at radius 1 is 1.21 bits per heavy atom. The largest absolute Gasteiger partial charge is 0.493 e. The summed E-state index contributed by atoms with van der Waals surface area (Å²) in [7, 11) is 3.80. The smallest absolute Gasteiger partial charge is 0.255 e. The van der Waals surface area contributed by atoms with E-state index in [0.29, 0.717) is 24.5 Å². The van der Waals surface area contributed by atoms with Gasteiger partial charge in [-0.2, -0.15) is 0 Å². The van der Waals surface area contributed by atoms with Gasteiger partial charge in [-0.05, 0) is 50.8 Å². The third-order valence-corrected chi connectivity index (χ3v) is 3.74. The highest BCUT2D eigenvalue weighted by Crippen LogP contribution is 2.20. The van der Waals surface area contributed by atoms with Gasteiger partial charge < -0.3 is 15.0 Å². The molecule has 5 heteroatoms. The first kappa shape index (κ1) is 17.9. The zero-order chi connectivity index (χ0) is 17.5. The van der Waals surface area contributed by atoms with Gasteiger partial charge >= 0.3 is 0 Å². The van der Waals surface area contributed by atoms with E-state index < -0.39 is 0 Å². The van der Waals surface area contributed by atoms with Crippen molar-refractivity contribution in [2.75, 3.05) is 27.2 Å². The number of nitrogens with zero attached hydrogens (tertiary/aromatic N) is 1. The molecule has 0 bridgehead atoms. The molecule has 128 valence electrons. The van der Waals surface area contributed by atoms with E-state index in [2.05, 4.69) is 5.32 Å². The normalized spacial score (nSPS) is 12.0. The molecule has 1 N–H and O–H groups in total. The van der Waals surface area contributed by atoms with Gasteiger partial charge in [0.2, 0.25) is 0 Å². The highest BCUT2D eigenvalue weighted by Gasteiger charge is 2.18. The van der Waals surface area contributed by atoms with E-state index in [-0.39, 0.29) is 17.8 Å². The Bertz CT molecular complexity index is 689. The molecule has 0 saturated carbocycles. The number of amides is 1. The van der Waals surface area contributed by atoms with Crippen LogP contribution in [0.2, 0.25) is 0 Å². The van der Waals surface area contributed by atoms with Crippen LogP contribution >= 0.6 is 0 Å². The van der Waals surface area contributed by atoms with Crippen LogP contribution in [0.15, 0.2) is 48.5 Å². The van der Waals surface area contributed by atoms with Gasteiger partial charge in [-0.3, -0.25) is 4.79 Å². The molecule has 0 aliphatic rings. The Hall–Kier alpha value is -2.40. The number of benzene rings is 2. The van der Waals surface area contributed by atoms with Crippen molar-refractivity contribution in [3.05, 3.63) is 65.5 Å². The van der Waals surface area contributed by atoms with Crippen LogP contribution < -0.4 is 10.1 Å². The molecule has 0 aliphatic carbocycles. The lowest BCUT2D eigenvalue weighted by Gasteiger charge is -2.25. The lowest BCUT2D eigenvalue weighted by atomic mass is 10.1. The average Bonchev–Trinajstić information content (AvgIpc) is 2.55. The van der Waals surface area contributed by atoms with Crippen molar-refractivity contribution in [3.8, 4) is 5.75 Å². The van der Waals surface area contributed by atoms with Gasteiger partial charge in [-0.15, -0.1) is 0 Å². The number of ether oxygens (including phenoxy) is 1.